The molecule has 0 radical (unpaired) electrons. The van der Waals surface area contributed by atoms with Gasteiger partial charge in [0.1, 0.15) is 0 Å². The van der Waals surface area contributed by atoms with E-state index in [1.165, 1.54) is 10.8 Å². The van der Waals surface area contributed by atoms with E-state index in [0.29, 0.717) is 26.2 Å². The number of alkyl halides is 1. The van der Waals surface area contributed by atoms with Gasteiger partial charge in [0, 0.05) is 11.9 Å². The van der Waals surface area contributed by atoms with Crippen LogP contribution in [0.2, 0.25) is 0 Å². The number of carbonyl (C=O) groups excluding carboxylic acids is 1. The monoisotopic (exact) mass is 335 g/mol. The Bertz CT molecular complexity index is 571. The molecule has 0 saturated carbocycles. The van der Waals surface area contributed by atoms with Crippen LogP contribution in [0.25, 0.3) is 10.8 Å². The third kappa shape index (κ3) is 4.62. The van der Waals surface area contributed by atoms with Gasteiger partial charge in [-0.2, -0.15) is 0 Å². The van der Waals surface area contributed by atoms with Crippen molar-refractivity contribution in [2.24, 2.45) is 0 Å². The van der Waals surface area contributed by atoms with Crippen molar-refractivity contribution in [3.05, 3.63) is 48.0 Å². The van der Waals surface area contributed by atoms with E-state index in [4.69, 9.17) is 4.74 Å². The molecule has 0 aliphatic heterocycles. The third-order valence-electron chi connectivity index (χ3n) is 2.97. The van der Waals surface area contributed by atoms with Gasteiger partial charge in [-0.1, -0.05) is 58.4 Å². The second-order valence-corrected chi connectivity index (χ2v) is 5.30. The normalized spacial score (nSPS) is 10.7. The van der Waals surface area contributed by atoms with Crippen molar-refractivity contribution in [3.63, 3.8) is 0 Å². The highest BCUT2D eigenvalue weighted by atomic mass is 79.9. The molecule has 0 bridgehead atoms. The topological polar surface area (TPSA) is 38.3 Å². The van der Waals surface area contributed by atoms with Crippen molar-refractivity contribution < 1.29 is 9.53 Å². The number of carbonyl (C=O) groups is 1. The van der Waals surface area contributed by atoms with Crippen LogP contribution in [0.3, 0.4) is 0 Å². The summed E-state index contributed by atoms with van der Waals surface area (Å²) >= 11 is 3.28. The quantitative estimate of drug-likeness (QED) is 0.624. The molecule has 2 rings (SSSR count). The molecule has 0 aliphatic rings. The van der Waals surface area contributed by atoms with E-state index in [1.54, 1.807) is 0 Å². The Labute approximate surface area is 127 Å². The van der Waals surface area contributed by atoms with Crippen LogP contribution in [0, 0.1) is 0 Å². The van der Waals surface area contributed by atoms with Crippen LogP contribution in [0.1, 0.15) is 5.56 Å². The molecule has 4 heteroatoms. The Balaban J connectivity index is 1.83. The number of benzene rings is 2. The molecule has 0 spiro atoms. The van der Waals surface area contributed by atoms with Crippen molar-refractivity contribution in [3.8, 4) is 0 Å². The smallest absolute Gasteiger partial charge is 0.224 e. The van der Waals surface area contributed by atoms with E-state index in [9.17, 15) is 4.79 Å². The highest BCUT2D eigenvalue weighted by Gasteiger charge is 2.03. The van der Waals surface area contributed by atoms with Gasteiger partial charge in [0.05, 0.1) is 19.6 Å². The molecule has 0 saturated heterocycles. The maximum atomic E-state index is 11.8. The minimum Gasteiger partial charge on any atom is -0.379 e. The Morgan fingerprint density at radius 1 is 1.10 bits per heavy atom. The number of hydrogen-bond donors (Lipinski definition) is 1. The molecule has 2 aromatic rings. The summed E-state index contributed by atoms with van der Waals surface area (Å²) in [4.78, 5) is 11.8. The van der Waals surface area contributed by atoms with Crippen molar-refractivity contribution >= 4 is 32.6 Å². The molecule has 3 nitrogen and oxygen atoms in total. The first-order chi connectivity index (χ1) is 9.79. The predicted octanol–water partition coefficient (Wildman–Crippen LogP) is 2.91. The molecule has 0 aromatic heterocycles. The summed E-state index contributed by atoms with van der Waals surface area (Å²) in [5.74, 6) is 0.0303. The molecular formula is C16H18BrNO2. The van der Waals surface area contributed by atoms with Gasteiger partial charge < -0.3 is 10.1 Å². The average Bonchev–Trinajstić information content (AvgIpc) is 2.47. The Morgan fingerprint density at radius 2 is 1.90 bits per heavy atom. The van der Waals surface area contributed by atoms with Crippen molar-refractivity contribution in [2.45, 2.75) is 6.42 Å². The number of fused-ring (bicyclic) bond motifs is 1. The largest absolute Gasteiger partial charge is 0.379 e. The fraction of sp³-hybridized carbons (Fsp3) is 0.312. The number of ether oxygens (including phenoxy) is 1. The van der Waals surface area contributed by atoms with Crippen molar-refractivity contribution in [1.82, 2.24) is 5.32 Å². The maximum absolute atomic E-state index is 11.8. The molecule has 106 valence electrons. The Kier molecular flexibility index (Phi) is 6.02. The van der Waals surface area contributed by atoms with Crippen LogP contribution in [0.5, 0.6) is 0 Å². The SMILES string of the molecule is O=C(Cc1ccc2ccccc2c1)NCCOCCBr. The lowest BCUT2D eigenvalue weighted by Gasteiger charge is -2.06. The van der Waals surface area contributed by atoms with Gasteiger partial charge in [0.25, 0.3) is 0 Å². The van der Waals surface area contributed by atoms with Crippen LogP contribution < -0.4 is 5.32 Å². The van der Waals surface area contributed by atoms with Crippen molar-refractivity contribution in [2.75, 3.05) is 25.1 Å². The van der Waals surface area contributed by atoms with Gasteiger partial charge in [0.15, 0.2) is 0 Å². The van der Waals surface area contributed by atoms with Crippen LogP contribution >= 0.6 is 15.9 Å². The van der Waals surface area contributed by atoms with E-state index in [2.05, 4.69) is 45.5 Å². The van der Waals surface area contributed by atoms with Gasteiger partial charge in [-0.05, 0) is 16.3 Å². The first-order valence-electron chi connectivity index (χ1n) is 6.67. The first kappa shape index (κ1) is 15.0. The minimum absolute atomic E-state index is 0.0303. The summed E-state index contributed by atoms with van der Waals surface area (Å²) < 4.78 is 5.28. The summed E-state index contributed by atoms with van der Waals surface area (Å²) in [5.41, 5.74) is 1.03. The van der Waals surface area contributed by atoms with Crippen LogP contribution in [0.4, 0.5) is 0 Å². The molecule has 2 aromatic carbocycles. The van der Waals surface area contributed by atoms with Gasteiger partial charge in [-0.3, -0.25) is 4.79 Å². The molecule has 20 heavy (non-hydrogen) atoms. The molecule has 0 atom stereocenters. The standard InChI is InChI=1S/C16H18BrNO2/c17-7-9-20-10-8-18-16(19)12-13-5-6-14-3-1-2-4-15(14)11-13/h1-6,11H,7-10,12H2,(H,18,19). The molecule has 0 fully saturated rings. The Hall–Kier alpha value is -1.39. The van der Waals surface area contributed by atoms with Gasteiger partial charge >= 0.3 is 0 Å². The highest BCUT2D eigenvalue weighted by molar-refractivity contribution is 9.09. The highest BCUT2D eigenvalue weighted by Crippen LogP contribution is 2.15. The molecule has 0 unspecified atom stereocenters. The molecule has 0 aliphatic carbocycles. The molecular weight excluding hydrogens is 318 g/mol. The Morgan fingerprint density at radius 3 is 2.70 bits per heavy atom. The lowest BCUT2D eigenvalue weighted by atomic mass is 10.1. The molecule has 0 heterocycles. The van der Waals surface area contributed by atoms with Crippen LogP contribution in [-0.4, -0.2) is 31.0 Å². The van der Waals surface area contributed by atoms with Gasteiger partial charge in [-0.25, -0.2) is 0 Å². The summed E-state index contributed by atoms with van der Waals surface area (Å²) in [6.07, 6.45) is 0.406. The van der Waals surface area contributed by atoms with Crippen LogP contribution in [-0.2, 0) is 16.0 Å². The minimum atomic E-state index is 0.0303. The summed E-state index contributed by atoms with van der Waals surface area (Å²) in [7, 11) is 0. The number of hydrogen-bond acceptors (Lipinski definition) is 2. The summed E-state index contributed by atoms with van der Waals surface area (Å²) in [5, 5.41) is 6.04. The zero-order valence-electron chi connectivity index (χ0n) is 11.3. The zero-order valence-corrected chi connectivity index (χ0v) is 12.9. The maximum Gasteiger partial charge on any atom is 0.224 e. The van der Waals surface area contributed by atoms with Gasteiger partial charge in [0.2, 0.25) is 5.91 Å². The van der Waals surface area contributed by atoms with Crippen molar-refractivity contribution in [1.29, 1.82) is 0 Å². The van der Waals surface area contributed by atoms with Crippen LogP contribution in [0.15, 0.2) is 42.5 Å². The number of amides is 1. The fourth-order valence-corrected chi connectivity index (χ4v) is 2.24. The number of rotatable bonds is 7. The van der Waals surface area contributed by atoms with E-state index in [1.807, 2.05) is 18.2 Å². The van der Waals surface area contributed by atoms with Gasteiger partial charge in [-0.15, -0.1) is 0 Å². The zero-order chi connectivity index (χ0) is 14.2. The second kappa shape index (κ2) is 8.02. The number of nitrogens with one attached hydrogen (secondary N) is 1. The lowest BCUT2D eigenvalue weighted by molar-refractivity contribution is -0.120. The van der Waals surface area contributed by atoms with E-state index in [0.717, 1.165) is 10.9 Å². The third-order valence-corrected chi connectivity index (χ3v) is 3.29. The fourth-order valence-electron chi connectivity index (χ4n) is 2.02. The number of halogens is 1. The molecule has 1 N–H and O–H groups in total. The van der Waals surface area contributed by atoms with E-state index in [-0.39, 0.29) is 5.91 Å². The van der Waals surface area contributed by atoms with E-state index < -0.39 is 0 Å². The summed E-state index contributed by atoms with van der Waals surface area (Å²) in [6, 6.07) is 14.3. The first-order valence-corrected chi connectivity index (χ1v) is 7.80. The molecule has 1 amide bonds. The van der Waals surface area contributed by atoms with E-state index >= 15 is 0 Å². The predicted molar refractivity (Wildman–Crippen MR) is 85.3 cm³/mol. The second-order valence-electron chi connectivity index (χ2n) is 4.51. The summed E-state index contributed by atoms with van der Waals surface area (Å²) in [6.45, 7) is 1.77. The lowest BCUT2D eigenvalue weighted by Crippen LogP contribution is -2.28. The average molecular weight is 336 g/mol.